The molecule has 18 rings (SSSR count). The fourth-order valence-corrected chi connectivity index (χ4v) is 18.5. The first-order valence-electron chi connectivity index (χ1n) is 35.4. The van der Waals surface area contributed by atoms with Gasteiger partial charge in [0.25, 0.3) is 0 Å². The van der Waals surface area contributed by atoms with Crippen molar-refractivity contribution in [1.29, 1.82) is 0 Å². The molecule has 6 nitrogen and oxygen atoms in total. The number of rotatable bonds is 12. The molecule has 0 saturated carbocycles. The molecule has 4 aliphatic carbocycles. The summed E-state index contributed by atoms with van der Waals surface area (Å²) in [4.78, 5) is 4.75. The van der Waals surface area contributed by atoms with E-state index in [1.54, 1.807) is 0 Å². The predicted octanol–water partition coefficient (Wildman–Crippen LogP) is 11.4. The van der Waals surface area contributed by atoms with Crippen molar-refractivity contribution in [3.63, 3.8) is 0 Å². The van der Waals surface area contributed by atoms with Gasteiger partial charge < -0.3 is 30.2 Å². The Kier molecular flexibility index (Phi) is 14.3. The monoisotopic (exact) mass is 1320 g/mol. The minimum atomic E-state index is -1.18. The molecule has 484 valence electrons. The first-order valence-corrected chi connectivity index (χ1v) is 35.4. The number of hydrogen-bond donors (Lipinski definition) is 4. The Balaban J connectivity index is 0.864. The van der Waals surface area contributed by atoms with E-state index in [0.717, 1.165) is 150 Å². The standard InChI is InChI=1S/C91H68B6N2O4/c1-3-51-31-35-53(36-32-51)89(77-79(92)80(93)84(97)88(103)87(77)102)69-27-15-11-23-61(69)65-43-39-57(47-73(65)89)98(55-19-7-5-8-20-55)59-41-45-67-63-25-13-17-29-71(63)91(75(67)49-59)72-30-18-14-26-64(72)68-46-42-60(50-76(68)91)99(56-21-9-6-10-22-56)58-40-44-66-62-24-12-16-28-70(62)90(74(66)48-58,54-37-33-52(4-2)34-38-54)78-85(100)82(95)81(94)83(96)86(78)101/h3-50,100-103H,1-2,92-97H2. The molecule has 1 spiro atoms. The molecule has 0 fully saturated rings. The summed E-state index contributed by atoms with van der Waals surface area (Å²) in [5.41, 5.74) is 29.6. The fourth-order valence-electron chi connectivity index (χ4n) is 18.5. The second-order valence-electron chi connectivity index (χ2n) is 28.2. The van der Waals surface area contributed by atoms with Gasteiger partial charge in [-0.15, -0.1) is 0 Å². The summed E-state index contributed by atoms with van der Waals surface area (Å²) >= 11 is 0. The average Bonchev–Trinajstić information content (AvgIpc) is 1.55. The number of aromatic hydroxyl groups is 4. The van der Waals surface area contributed by atoms with Crippen molar-refractivity contribution in [1.82, 2.24) is 0 Å². The van der Waals surface area contributed by atoms with Gasteiger partial charge in [-0.25, -0.2) is 0 Å². The van der Waals surface area contributed by atoms with Crippen LogP contribution in [0.1, 0.15) is 77.9 Å². The Labute approximate surface area is 606 Å². The van der Waals surface area contributed by atoms with Crippen LogP contribution in [0, 0.1) is 0 Å². The minimum absolute atomic E-state index is 0.0643. The van der Waals surface area contributed by atoms with Gasteiger partial charge in [-0.3, -0.25) is 0 Å². The van der Waals surface area contributed by atoms with Crippen LogP contribution in [0.2, 0.25) is 0 Å². The topological polar surface area (TPSA) is 87.4 Å². The van der Waals surface area contributed by atoms with E-state index in [1.165, 1.54) is 22.3 Å². The number of nitrogens with zero attached hydrogens (tertiary/aromatic N) is 2. The molecule has 4 N–H and O–H groups in total. The predicted molar refractivity (Wildman–Crippen MR) is 443 cm³/mol. The number of para-hydroxylation sites is 2. The Morgan fingerprint density at radius 1 is 0.243 bits per heavy atom. The first-order chi connectivity index (χ1) is 50.2. The van der Waals surface area contributed by atoms with E-state index in [-0.39, 0.29) is 23.0 Å². The zero-order valence-electron chi connectivity index (χ0n) is 58.3. The molecule has 3 unspecified atom stereocenters. The molecule has 0 radical (unpaired) electrons. The highest BCUT2D eigenvalue weighted by molar-refractivity contribution is 6.59. The molecule has 4 aliphatic rings. The molecule has 0 aromatic heterocycles. The Morgan fingerprint density at radius 3 is 0.874 bits per heavy atom. The van der Waals surface area contributed by atoms with Crippen molar-refractivity contribution < 1.29 is 20.4 Å². The number of anilines is 6. The van der Waals surface area contributed by atoms with Gasteiger partial charge in [0.1, 0.15) is 58.6 Å². The van der Waals surface area contributed by atoms with Gasteiger partial charge in [0.2, 0.25) is 0 Å². The van der Waals surface area contributed by atoms with Crippen LogP contribution >= 0.6 is 0 Å². The average molecular weight is 1320 g/mol. The summed E-state index contributed by atoms with van der Waals surface area (Å²) in [6.07, 6.45) is 3.70. The highest BCUT2D eigenvalue weighted by Gasteiger charge is 2.54. The highest BCUT2D eigenvalue weighted by Crippen LogP contribution is 2.66. The molecule has 0 heterocycles. The summed E-state index contributed by atoms with van der Waals surface area (Å²) in [6.45, 7) is 8.24. The van der Waals surface area contributed by atoms with Crippen LogP contribution in [0.3, 0.4) is 0 Å². The summed E-state index contributed by atoms with van der Waals surface area (Å²) in [7, 11) is 11.8. The van der Waals surface area contributed by atoms with Crippen molar-refractivity contribution in [2.75, 3.05) is 9.80 Å². The van der Waals surface area contributed by atoms with Gasteiger partial charge in [0.15, 0.2) is 11.5 Å². The van der Waals surface area contributed by atoms with E-state index < -0.39 is 16.2 Å². The number of hydrogen-bond acceptors (Lipinski definition) is 6. The van der Waals surface area contributed by atoms with Gasteiger partial charge in [-0.2, -0.15) is 0 Å². The quantitative estimate of drug-likeness (QED) is 0.0720. The summed E-state index contributed by atoms with van der Waals surface area (Å²) in [6, 6.07) is 101. The molecule has 0 saturated heterocycles. The molecule has 0 aliphatic heterocycles. The lowest BCUT2D eigenvalue weighted by molar-refractivity contribution is 0.399. The third kappa shape index (κ3) is 8.58. The smallest absolute Gasteiger partial charge is 0.161 e. The van der Waals surface area contributed by atoms with Crippen LogP contribution in [0.25, 0.3) is 56.7 Å². The molecule has 0 bridgehead atoms. The van der Waals surface area contributed by atoms with Gasteiger partial charge in [0.05, 0.1) is 21.8 Å². The largest absolute Gasteiger partial charge is 0.508 e. The molecule has 14 aromatic carbocycles. The van der Waals surface area contributed by atoms with E-state index in [2.05, 4.69) is 310 Å². The van der Waals surface area contributed by atoms with Crippen LogP contribution in [0.4, 0.5) is 34.1 Å². The fraction of sp³-hybridized carbons (Fsp3) is 0.0330. The number of phenolic OH excluding ortho intramolecular Hbond substituents is 4. The molecule has 12 heteroatoms. The lowest BCUT2D eigenvalue weighted by atomic mass is 9.59. The van der Waals surface area contributed by atoms with Crippen LogP contribution in [-0.4, -0.2) is 67.5 Å². The number of phenols is 4. The summed E-state index contributed by atoms with van der Waals surface area (Å²) in [5, 5.41) is 50.4. The van der Waals surface area contributed by atoms with Gasteiger partial charge in [0, 0.05) is 39.7 Å². The lowest BCUT2D eigenvalue weighted by Gasteiger charge is -2.37. The van der Waals surface area contributed by atoms with Crippen molar-refractivity contribution in [2.45, 2.75) is 16.2 Å². The van der Waals surface area contributed by atoms with E-state index in [4.69, 9.17) is 0 Å². The third-order valence-electron chi connectivity index (χ3n) is 23.7. The van der Waals surface area contributed by atoms with Crippen LogP contribution in [-0.2, 0) is 16.2 Å². The van der Waals surface area contributed by atoms with Gasteiger partial charge in [-0.05, 0) is 184 Å². The van der Waals surface area contributed by atoms with E-state index in [0.29, 0.717) is 16.6 Å². The highest BCUT2D eigenvalue weighted by atomic mass is 16.3. The first kappa shape index (κ1) is 63.0. The molecular weight excluding hydrogens is 1250 g/mol. The maximum atomic E-state index is 12.8. The zero-order chi connectivity index (χ0) is 70.5. The number of fused-ring (bicyclic) bond motifs is 16. The second kappa shape index (κ2) is 23.4. The van der Waals surface area contributed by atoms with Crippen molar-refractivity contribution >= 4 is 126 Å². The summed E-state index contributed by atoms with van der Waals surface area (Å²) in [5.74, 6) is -0.121. The molecular formula is C91H68B6N2O4. The van der Waals surface area contributed by atoms with E-state index >= 15 is 0 Å². The molecule has 0 amide bonds. The number of benzene rings is 14. The van der Waals surface area contributed by atoms with Crippen LogP contribution in [0.5, 0.6) is 23.0 Å². The van der Waals surface area contributed by atoms with Crippen molar-refractivity contribution in [3.05, 3.63) is 370 Å². The maximum absolute atomic E-state index is 12.8. The normalized spacial score (nSPS) is 16.5. The van der Waals surface area contributed by atoms with E-state index in [1.807, 2.05) is 51.4 Å². The molecule has 14 aromatic rings. The van der Waals surface area contributed by atoms with Crippen molar-refractivity contribution in [2.24, 2.45) is 0 Å². The maximum Gasteiger partial charge on any atom is 0.161 e. The van der Waals surface area contributed by atoms with E-state index in [9.17, 15) is 20.4 Å². The zero-order valence-corrected chi connectivity index (χ0v) is 58.3. The van der Waals surface area contributed by atoms with Crippen molar-refractivity contribution in [3.8, 4) is 67.5 Å². The SMILES string of the molecule is Bc1c(B)c(O)c(C2(c3ccc(C=C)cc3)c3ccccc3-c3ccc(N(c4ccccc4)c4ccc5c(c4)C4(c6ccccc6-c6ccc(N(c7ccccc7)c7ccc8c(c7)C(c7ccc(C=C)cc7)(c7c(B)c(B)c(B)c(O)c7O)c7ccccc7-8)cc64)c4ccccc4-5)cc32)c(O)c1B. The van der Waals surface area contributed by atoms with Crippen LogP contribution < -0.4 is 42.6 Å². The van der Waals surface area contributed by atoms with Crippen LogP contribution in [0.15, 0.2) is 292 Å². The Hall–Kier alpha value is -12.3. The summed E-state index contributed by atoms with van der Waals surface area (Å²) < 4.78 is 0. The third-order valence-corrected chi connectivity index (χ3v) is 23.7. The van der Waals surface area contributed by atoms with Gasteiger partial charge in [-0.1, -0.05) is 264 Å². The Morgan fingerprint density at radius 2 is 0.524 bits per heavy atom. The second-order valence-corrected chi connectivity index (χ2v) is 28.2. The lowest BCUT2D eigenvalue weighted by Crippen LogP contribution is -2.46. The van der Waals surface area contributed by atoms with Gasteiger partial charge >= 0.3 is 0 Å². The molecule has 3 atom stereocenters. The minimum Gasteiger partial charge on any atom is -0.508 e. The molecule has 103 heavy (non-hydrogen) atoms. The Bertz CT molecular complexity index is 5540.